The Hall–Kier alpha value is -2.56. The molecule has 0 aromatic heterocycles. The second-order valence-electron chi connectivity index (χ2n) is 4.11. The third kappa shape index (κ3) is 4.80. The number of nitrogens with zero attached hydrogens (tertiary/aromatic N) is 2. The first kappa shape index (κ1) is 16.5. The van der Waals surface area contributed by atoms with Gasteiger partial charge in [0.25, 0.3) is 0 Å². The lowest BCUT2D eigenvalue weighted by Gasteiger charge is -2.23. The monoisotopic (exact) mass is 300 g/mol. The molecule has 0 spiro atoms. The van der Waals surface area contributed by atoms with Gasteiger partial charge in [-0.15, -0.1) is 0 Å². The van der Waals surface area contributed by atoms with E-state index in [2.05, 4.69) is 0 Å². The molecule has 0 saturated carbocycles. The van der Waals surface area contributed by atoms with Crippen LogP contribution < -0.4 is 4.90 Å². The molecule has 1 amide bonds. The number of aliphatic carboxylic acids is 1. The minimum absolute atomic E-state index is 0.0401. The fraction of sp³-hybridized carbons (Fsp3) is 0.308. The first-order valence-corrected chi connectivity index (χ1v) is 5.86. The summed E-state index contributed by atoms with van der Waals surface area (Å²) in [4.78, 5) is 22.3. The van der Waals surface area contributed by atoms with Gasteiger partial charge in [-0.25, -0.2) is 0 Å². The summed E-state index contributed by atoms with van der Waals surface area (Å²) >= 11 is 0. The molecule has 21 heavy (non-hydrogen) atoms. The zero-order valence-electron chi connectivity index (χ0n) is 10.7. The van der Waals surface area contributed by atoms with Crippen molar-refractivity contribution in [2.75, 3.05) is 11.4 Å². The summed E-state index contributed by atoms with van der Waals surface area (Å²) in [7, 11) is 0. The maximum absolute atomic E-state index is 12.6. The van der Waals surface area contributed by atoms with E-state index in [0.717, 1.165) is 0 Å². The first-order chi connectivity index (χ1) is 9.75. The molecular weight excluding hydrogens is 289 g/mol. The highest BCUT2D eigenvalue weighted by Crippen LogP contribution is 2.24. The van der Waals surface area contributed by atoms with Crippen molar-refractivity contribution >= 4 is 17.6 Å². The summed E-state index contributed by atoms with van der Waals surface area (Å²) in [5.74, 6) is -3.23. The van der Waals surface area contributed by atoms with Gasteiger partial charge in [-0.1, -0.05) is 0 Å². The molecule has 0 aliphatic rings. The van der Waals surface area contributed by atoms with Gasteiger partial charge in [0.1, 0.15) is 0 Å². The third-order valence-electron chi connectivity index (χ3n) is 2.57. The standard InChI is InChI=1S/C13H11F3N2O3/c14-13(15,16)12(21)18(7-1-2-11(19)20)10-5-3-9(8-17)4-6-10/h3-6H,1-2,7H2,(H,19,20). The second kappa shape index (κ2) is 6.74. The van der Waals surface area contributed by atoms with Crippen LogP contribution in [0, 0.1) is 11.3 Å². The lowest BCUT2D eigenvalue weighted by Crippen LogP contribution is -2.42. The number of carboxylic acid groups (broad SMARTS) is 1. The van der Waals surface area contributed by atoms with Crippen molar-refractivity contribution in [3.63, 3.8) is 0 Å². The van der Waals surface area contributed by atoms with Gasteiger partial charge in [-0.3, -0.25) is 9.59 Å². The summed E-state index contributed by atoms with van der Waals surface area (Å²) in [6, 6.07) is 6.79. The van der Waals surface area contributed by atoms with Gasteiger partial charge < -0.3 is 10.0 Å². The number of hydrogen-bond acceptors (Lipinski definition) is 3. The number of anilines is 1. The van der Waals surface area contributed by atoms with Crippen LogP contribution in [0.25, 0.3) is 0 Å². The molecular formula is C13H11F3N2O3. The number of carbonyl (C=O) groups excluding carboxylic acids is 1. The van der Waals surface area contributed by atoms with Crippen LogP contribution in [0.2, 0.25) is 0 Å². The normalized spacial score (nSPS) is 10.8. The van der Waals surface area contributed by atoms with Crippen LogP contribution in [0.1, 0.15) is 18.4 Å². The number of amides is 1. The van der Waals surface area contributed by atoms with Crippen LogP contribution in [0.4, 0.5) is 18.9 Å². The Labute approximate surface area is 118 Å². The third-order valence-corrected chi connectivity index (χ3v) is 2.57. The molecule has 0 aliphatic heterocycles. The van der Waals surface area contributed by atoms with Crippen LogP contribution in [0.5, 0.6) is 0 Å². The Bertz CT molecular complexity index is 562. The highest BCUT2D eigenvalue weighted by atomic mass is 19.4. The zero-order valence-corrected chi connectivity index (χ0v) is 10.7. The summed E-state index contributed by atoms with van der Waals surface area (Å²) in [5, 5.41) is 17.1. The Morgan fingerprint density at radius 2 is 1.81 bits per heavy atom. The van der Waals surface area contributed by atoms with Gasteiger partial charge in [-0.05, 0) is 30.7 Å². The molecule has 0 radical (unpaired) electrons. The Morgan fingerprint density at radius 3 is 2.24 bits per heavy atom. The van der Waals surface area contributed by atoms with Crippen LogP contribution in [-0.4, -0.2) is 29.7 Å². The van der Waals surface area contributed by atoms with Gasteiger partial charge in [0.2, 0.25) is 0 Å². The number of alkyl halides is 3. The number of benzene rings is 1. The average Bonchev–Trinajstić information content (AvgIpc) is 2.42. The number of nitriles is 1. The SMILES string of the molecule is N#Cc1ccc(N(CCCC(=O)O)C(=O)C(F)(F)F)cc1. The van der Waals surface area contributed by atoms with Gasteiger partial charge in [0.15, 0.2) is 0 Å². The minimum Gasteiger partial charge on any atom is -0.481 e. The van der Waals surface area contributed by atoms with Gasteiger partial charge >= 0.3 is 18.1 Å². The molecule has 0 aliphatic carbocycles. The highest BCUT2D eigenvalue weighted by molar-refractivity contribution is 5.97. The van der Waals surface area contributed by atoms with Crippen molar-refractivity contribution in [2.24, 2.45) is 0 Å². The Balaban J connectivity index is 2.97. The average molecular weight is 300 g/mol. The van der Waals surface area contributed by atoms with Gasteiger partial charge in [0.05, 0.1) is 11.6 Å². The summed E-state index contributed by atoms with van der Waals surface area (Å²) in [5.41, 5.74) is 0.199. The fourth-order valence-corrected chi connectivity index (χ4v) is 1.61. The van der Waals surface area contributed by atoms with E-state index in [9.17, 15) is 22.8 Å². The fourth-order valence-electron chi connectivity index (χ4n) is 1.61. The highest BCUT2D eigenvalue weighted by Gasteiger charge is 2.42. The maximum atomic E-state index is 12.6. The quantitative estimate of drug-likeness (QED) is 0.904. The summed E-state index contributed by atoms with van der Waals surface area (Å²) in [6.45, 7) is -0.378. The van der Waals surface area contributed by atoms with Crippen molar-refractivity contribution in [1.29, 1.82) is 5.26 Å². The van der Waals surface area contributed by atoms with Gasteiger partial charge in [-0.2, -0.15) is 18.4 Å². The van der Waals surface area contributed by atoms with Crippen LogP contribution in [0.15, 0.2) is 24.3 Å². The van der Waals surface area contributed by atoms with Crippen molar-refractivity contribution < 1.29 is 27.9 Å². The minimum atomic E-state index is -5.06. The predicted octanol–water partition coefficient (Wildman–Crippen LogP) is 2.32. The molecule has 1 aromatic rings. The van der Waals surface area contributed by atoms with Crippen molar-refractivity contribution in [3.8, 4) is 6.07 Å². The van der Waals surface area contributed by atoms with E-state index in [0.29, 0.717) is 4.90 Å². The number of halogens is 3. The number of carbonyl (C=O) groups is 2. The molecule has 0 unspecified atom stereocenters. The zero-order chi connectivity index (χ0) is 16.0. The van der Waals surface area contributed by atoms with E-state index >= 15 is 0 Å². The van der Waals surface area contributed by atoms with Crippen LogP contribution in [0.3, 0.4) is 0 Å². The largest absolute Gasteiger partial charge is 0.481 e. The molecule has 0 atom stereocenters. The Kier molecular flexibility index (Phi) is 5.30. The first-order valence-electron chi connectivity index (χ1n) is 5.86. The van der Waals surface area contributed by atoms with E-state index in [1.54, 1.807) is 0 Å². The topological polar surface area (TPSA) is 81.4 Å². The molecule has 112 valence electrons. The van der Waals surface area contributed by atoms with Crippen molar-refractivity contribution in [3.05, 3.63) is 29.8 Å². The Morgan fingerprint density at radius 1 is 1.24 bits per heavy atom. The van der Waals surface area contributed by atoms with E-state index in [4.69, 9.17) is 10.4 Å². The maximum Gasteiger partial charge on any atom is 0.471 e. The number of carboxylic acids is 1. The number of rotatable bonds is 5. The molecule has 0 saturated heterocycles. The molecule has 0 bridgehead atoms. The lowest BCUT2D eigenvalue weighted by molar-refractivity contribution is -0.170. The molecule has 5 nitrogen and oxygen atoms in total. The van der Waals surface area contributed by atoms with Crippen LogP contribution >= 0.6 is 0 Å². The second-order valence-corrected chi connectivity index (χ2v) is 4.11. The molecule has 1 aromatic carbocycles. The lowest BCUT2D eigenvalue weighted by atomic mass is 10.2. The summed E-state index contributed by atoms with van der Waals surface area (Å²) in [6.07, 6.45) is -5.52. The molecule has 1 N–H and O–H groups in total. The predicted molar refractivity (Wildman–Crippen MR) is 66.4 cm³/mol. The molecule has 8 heteroatoms. The molecule has 1 rings (SSSR count). The van der Waals surface area contributed by atoms with Crippen molar-refractivity contribution in [1.82, 2.24) is 0 Å². The van der Waals surface area contributed by atoms with E-state index in [1.807, 2.05) is 6.07 Å². The van der Waals surface area contributed by atoms with E-state index < -0.39 is 18.1 Å². The van der Waals surface area contributed by atoms with Crippen molar-refractivity contribution in [2.45, 2.75) is 19.0 Å². The molecule has 0 heterocycles. The van der Waals surface area contributed by atoms with E-state index in [-0.39, 0.29) is 30.6 Å². The smallest absolute Gasteiger partial charge is 0.471 e. The molecule has 0 fully saturated rings. The van der Waals surface area contributed by atoms with E-state index in [1.165, 1.54) is 24.3 Å². The number of hydrogen-bond donors (Lipinski definition) is 1. The van der Waals surface area contributed by atoms with Crippen LogP contribution in [-0.2, 0) is 9.59 Å². The van der Waals surface area contributed by atoms with Gasteiger partial charge in [0, 0.05) is 18.7 Å². The summed E-state index contributed by atoms with van der Waals surface area (Å²) < 4.78 is 37.7.